The summed E-state index contributed by atoms with van der Waals surface area (Å²) >= 11 is 0. The monoisotopic (exact) mass is 311 g/mol. The summed E-state index contributed by atoms with van der Waals surface area (Å²) in [6, 6.07) is 14.2. The van der Waals surface area contributed by atoms with E-state index in [0.717, 1.165) is 28.9 Å². The van der Waals surface area contributed by atoms with Gasteiger partial charge in [0.2, 0.25) is 0 Å². The lowest BCUT2D eigenvalue weighted by Crippen LogP contribution is -2.32. The van der Waals surface area contributed by atoms with Gasteiger partial charge in [0, 0.05) is 0 Å². The molecule has 1 amide bonds. The molecule has 0 fully saturated rings. The molecule has 0 heterocycles. The number of hydrogen-bond acceptors (Lipinski definition) is 2. The Morgan fingerprint density at radius 1 is 1.09 bits per heavy atom. The second-order valence-corrected chi connectivity index (χ2v) is 5.93. The Labute approximate surface area is 138 Å². The van der Waals surface area contributed by atoms with Crippen molar-refractivity contribution in [3.63, 3.8) is 0 Å². The van der Waals surface area contributed by atoms with E-state index in [1.54, 1.807) is 0 Å². The van der Waals surface area contributed by atoms with Crippen molar-refractivity contribution in [3.8, 4) is 5.75 Å². The quantitative estimate of drug-likeness (QED) is 0.865. The van der Waals surface area contributed by atoms with Gasteiger partial charge in [0.1, 0.15) is 5.75 Å². The number of aryl methyl sites for hydroxylation is 2. The van der Waals surface area contributed by atoms with Gasteiger partial charge in [-0.3, -0.25) is 4.79 Å². The normalized spacial score (nSPS) is 11.8. The maximum atomic E-state index is 12.2. The van der Waals surface area contributed by atoms with E-state index in [0.29, 0.717) is 0 Å². The summed E-state index contributed by atoms with van der Waals surface area (Å²) in [5.41, 5.74) is 4.58. The maximum Gasteiger partial charge on any atom is 0.258 e. The Morgan fingerprint density at radius 2 is 1.78 bits per heavy atom. The van der Waals surface area contributed by atoms with E-state index in [4.69, 9.17) is 4.74 Å². The number of nitrogens with one attached hydrogen (secondary N) is 1. The Balaban J connectivity index is 1.95. The topological polar surface area (TPSA) is 38.3 Å². The molecule has 2 aromatic rings. The predicted octanol–water partition coefficient (Wildman–Crippen LogP) is 4.26. The van der Waals surface area contributed by atoms with Gasteiger partial charge >= 0.3 is 0 Å². The third-order valence-corrected chi connectivity index (χ3v) is 4.14. The fourth-order valence-electron chi connectivity index (χ4n) is 2.48. The lowest BCUT2D eigenvalue weighted by molar-refractivity contribution is -0.123. The SMILES string of the molecule is CC[C@@H](NC(=O)COc1cccc(C)c1C)c1ccc(C)cc1. The van der Waals surface area contributed by atoms with Crippen molar-refractivity contribution in [1.82, 2.24) is 5.32 Å². The van der Waals surface area contributed by atoms with Crippen LogP contribution in [0.4, 0.5) is 0 Å². The van der Waals surface area contributed by atoms with Crippen molar-refractivity contribution in [3.05, 3.63) is 64.7 Å². The Morgan fingerprint density at radius 3 is 2.43 bits per heavy atom. The molecule has 0 aromatic heterocycles. The first-order valence-corrected chi connectivity index (χ1v) is 8.06. The van der Waals surface area contributed by atoms with Gasteiger partial charge in [0.15, 0.2) is 6.61 Å². The molecule has 2 aromatic carbocycles. The highest BCUT2D eigenvalue weighted by molar-refractivity contribution is 5.78. The molecule has 3 heteroatoms. The minimum atomic E-state index is -0.0988. The first kappa shape index (κ1) is 17.1. The van der Waals surface area contributed by atoms with Gasteiger partial charge in [-0.15, -0.1) is 0 Å². The predicted molar refractivity (Wildman–Crippen MR) is 93.8 cm³/mol. The van der Waals surface area contributed by atoms with Gasteiger partial charge in [0.25, 0.3) is 5.91 Å². The molecule has 0 saturated carbocycles. The van der Waals surface area contributed by atoms with Crippen LogP contribution in [-0.2, 0) is 4.79 Å². The number of ether oxygens (including phenoxy) is 1. The second-order valence-electron chi connectivity index (χ2n) is 5.93. The molecule has 0 aliphatic carbocycles. The van der Waals surface area contributed by atoms with Crippen LogP contribution in [0.15, 0.2) is 42.5 Å². The average molecular weight is 311 g/mol. The zero-order chi connectivity index (χ0) is 16.8. The number of hydrogen-bond donors (Lipinski definition) is 1. The van der Waals surface area contributed by atoms with Crippen LogP contribution in [0.25, 0.3) is 0 Å². The largest absolute Gasteiger partial charge is 0.483 e. The highest BCUT2D eigenvalue weighted by atomic mass is 16.5. The molecule has 2 rings (SSSR count). The summed E-state index contributed by atoms with van der Waals surface area (Å²) < 4.78 is 5.67. The van der Waals surface area contributed by atoms with E-state index < -0.39 is 0 Å². The van der Waals surface area contributed by atoms with Gasteiger partial charge in [-0.1, -0.05) is 48.9 Å². The molecule has 122 valence electrons. The van der Waals surface area contributed by atoms with Crippen LogP contribution in [0.1, 0.15) is 41.6 Å². The number of amides is 1. The Bertz CT molecular complexity index is 662. The van der Waals surface area contributed by atoms with E-state index in [-0.39, 0.29) is 18.6 Å². The lowest BCUT2D eigenvalue weighted by Gasteiger charge is -2.18. The van der Waals surface area contributed by atoms with Gasteiger partial charge < -0.3 is 10.1 Å². The standard InChI is InChI=1S/C20H25NO2/c1-5-18(17-11-9-14(2)10-12-17)21-20(22)13-23-19-8-6-7-15(3)16(19)4/h6-12,18H,5,13H2,1-4H3,(H,21,22)/t18-/m1/s1. The summed E-state index contributed by atoms with van der Waals surface area (Å²) in [5, 5.41) is 3.04. The number of carbonyl (C=O) groups excluding carboxylic acids is 1. The van der Waals surface area contributed by atoms with Gasteiger partial charge in [-0.25, -0.2) is 0 Å². The van der Waals surface area contributed by atoms with Crippen LogP contribution in [-0.4, -0.2) is 12.5 Å². The first-order chi connectivity index (χ1) is 11.0. The third-order valence-electron chi connectivity index (χ3n) is 4.14. The van der Waals surface area contributed by atoms with Crippen LogP contribution < -0.4 is 10.1 Å². The minimum Gasteiger partial charge on any atom is -0.483 e. The van der Waals surface area contributed by atoms with Crippen LogP contribution >= 0.6 is 0 Å². The number of rotatable bonds is 6. The summed E-state index contributed by atoms with van der Waals surface area (Å²) in [7, 11) is 0. The van der Waals surface area contributed by atoms with Crippen LogP contribution in [0.5, 0.6) is 5.75 Å². The fraction of sp³-hybridized carbons (Fsp3) is 0.350. The molecule has 0 unspecified atom stereocenters. The maximum absolute atomic E-state index is 12.2. The third kappa shape index (κ3) is 4.59. The van der Waals surface area contributed by atoms with Crippen LogP contribution in [0, 0.1) is 20.8 Å². The van der Waals surface area contributed by atoms with Crippen molar-refractivity contribution >= 4 is 5.91 Å². The van der Waals surface area contributed by atoms with Crippen molar-refractivity contribution < 1.29 is 9.53 Å². The molecule has 23 heavy (non-hydrogen) atoms. The van der Waals surface area contributed by atoms with Crippen molar-refractivity contribution in [2.75, 3.05) is 6.61 Å². The molecule has 0 saturated heterocycles. The van der Waals surface area contributed by atoms with E-state index in [1.165, 1.54) is 5.56 Å². The molecular formula is C20H25NO2. The summed E-state index contributed by atoms with van der Waals surface area (Å²) in [4.78, 5) is 12.2. The first-order valence-electron chi connectivity index (χ1n) is 8.06. The summed E-state index contributed by atoms with van der Waals surface area (Å²) in [5.74, 6) is 0.668. The van der Waals surface area contributed by atoms with Crippen molar-refractivity contribution in [1.29, 1.82) is 0 Å². The highest BCUT2D eigenvalue weighted by Gasteiger charge is 2.13. The molecule has 0 aliphatic heterocycles. The molecule has 0 bridgehead atoms. The Kier molecular flexibility index (Phi) is 5.80. The van der Waals surface area contributed by atoms with Crippen LogP contribution in [0.2, 0.25) is 0 Å². The van der Waals surface area contributed by atoms with Crippen LogP contribution in [0.3, 0.4) is 0 Å². The van der Waals surface area contributed by atoms with Gasteiger partial charge in [-0.05, 0) is 49.9 Å². The zero-order valence-electron chi connectivity index (χ0n) is 14.3. The van der Waals surface area contributed by atoms with Crippen molar-refractivity contribution in [2.24, 2.45) is 0 Å². The number of benzene rings is 2. The minimum absolute atomic E-state index is 0.0188. The molecule has 0 spiro atoms. The molecule has 1 atom stereocenters. The van der Waals surface area contributed by atoms with E-state index in [2.05, 4.69) is 43.4 Å². The highest BCUT2D eigenvalue weighted by Crippen LogP contribution is 2.21. The molecule has 3 nitrogen and oxygen atoms in total. The number of carbonyl (C=O) groups is 1. The zero-order valence-corrected chi connectivity index (χ0v) is 14.3. The smallest absolute Gasteiger partial charge is 0.258 e. The molecule has 0 radical (unpaired) electrons. The van der Waals surface area contributed by atoms with Gasteiger partial charge in [-0.2, -0.15) is 0 Å². The van der Waals surface area contributed by atoms with Crippen molar-refractivity contribution in [2.45, 2.75) is 40.2 Å². The van der Waals surface area contributed by atoms with E-state index in [9.17, 15) is 4.79 Å². The molecule has 0 aliphatic rings. The van der Waals surface area contributed by atoms with Gasteiger partial charge in [0.05, 0.1) is 6.04 Å². The molecular weight excluding hydrogens is 286 g/mol. The Hall–Kier alpha value is -2.29. The second kappa shape index (κ2) is 7.82. The van der Waals surface area contributed by atoms with E-state index in [1.807, 2.05) is 32.0 Å². The average Bonchev–Trinajstić information content (AvgIpc) is 2.55. The molecule has 1 N–H and O–H groups in total. The summed E-state index contributed by atoms with van der Waals surface area (Å²) in [6.07, 6.45) is 0.846. The van der Waals surface area contributed by atoms with E-state index >= 15 is 0 Å². The fourth-order valence-corrected chi connectivity index (χ4v) is 2.48. The lowest BCUT2D eigenvalue weighted by atomic mass is 10.0. The summed E-state index contributed by atoms with van der Waals surface area (Å²) in [6.45, 7) is 8.20.